The van der Waals surface area contributed by atoms with Crippen LogP contribution in [0.15, 0.2) is 59.3 Å². The summed E-state index contributed by atoms with van der Waals surface area (Å²) in [5.41, 5.74) is 2.72. The highest BCUT2D eigenvalue weighted by Gasteiger charge is 2.21. The van der Waals surface area contributed by atoms with Gasteiger partial charge in [-0.15, -0.1) is 0 Å². The lowest BCUT2D eigenvalue weighted by molar-refractivity contribution is 0.103. The van der Waals surface area contributed by atoms with E-state index < -0.39 is 0 Å². The molecule has 1 N–H and O–H groups in total. The SMILES string of the molecule is Cc1ccc(C(=O)c2conc2-c2ccccc2)c(O)c1. The number of hydrogen-bond acceptors (Lipinski definition) is 4. The summed E-state index contributed by atoms with van der Waals surface area (Å²) in [6, 6.07) is 14.3. The van der Waals surface area contributed by atoms with Gasteiger partial charge in [-0.2, -0.15) is 0 Å². The quantitative estimate of drug-likeness (QED) is 0.744. The Labute approximate surface area is 121 Å². The molecule has 104 valence electrons. The van der Waals surface area contributed by atoms with Crippen molar-refractivity contribution in [3.63, 3.8) is 0 Å². The predicted molar refractivity (Wildman–Crippen MR) is 78.2 cm³/mol. The first-order valence-electron chi connectivity index (χ1n) is 6.51. The number of benzene rings is 2. The van der Waals surface area contributed by atoms with Crippen molar-refractivity contribution in [1.82, 2.24) is 5.16 Å². The van der Waals surface area contributed by atoms with Gasteiger partial charge in [-0.05, 0) is 24.6 Å². The number of carbonyl (C=O) groups excluding carboxylic acids is 1. The molecule has 0 atom stereocenters. The third kappa shape index (κ3) is 2.43. The molecule has 1 aromatic heterocycles. The Kier molecular flexibility index (Phi) is 3.28. The number of ketones is 1. The summed E-state index contributed by atoms with van der Waals surface area (Å²) >= 11 is 0. The molecule has 1 heterocycles. The van der Waals surface area contributed by atoms with Gasteiger partial charge >= 0.3 is 0 Å². The van der Waals surface area contributed by atoms with Crippen LogP contribution in [0.5, 0.6) is 5.75 Å². The van der Waals surface area contributed by atoms with Crippen LogP contribution in [-0.4, -0.2) is 16.0 Å². The molecule has 0 fully saturated rings. The third-order valence-electron chi connectivity index (χ3n) is 3.26. The van der Waals surface area contributed by atoms with E-state index in [4.69, 9.17) is 4.52 Å². The number of aromatic nitrogens is 1. The number of aromatic hydroxyl groups is 1. The van der Waals surface area contributed by atoms with Gasteiger partial charge in [-0.3, -0.25) is 4.79 Å². The van der Waals surface area contributed by atoms with Gasteiger partial charge in [0.15, 0.2) is 0 Å². The standard InChI is InChI=1S/C17H13NO3/c1-11-7-8-13(15(19)9-11)17(20)14-10-21-18-16(14)12-5-3-2-4-6-12/h2-10,19H,1H3. The summed E-state index contributed by atoms with van der Waals surface area (Å²) in [6.45, 7) is 1.85. The molecule has 0 spiro atoms. The van der Waals surface area contributed by atoms with Crippen LogP contribution in [0, 0.1) is 6.92 Å². The molecule has 0 radical (unpaired) electrons. The predicted octanol–water partition coefficient (Wildman–Crippen LogP) is 3.59. The highest BCUT2D eigenvalue weighted by molar-refractivity contribution is 6.13. The largest absolute Gasteiger partial charge is 0.507 e. The van der Waals surface area contributed by atoms with Crippen molar-refractivity contribution in [3.05, 3.63) is 71.5 Å². The average Bonchev–Trinajstić information content (AvgIpc) is 2.97. The van der Waals surface area contributed by atoms with Crippen LogP contribution in [0.4, 0.5) is 0 Å². The number of nitrogens with zero attached hydrogens (tertiary/aromatic N) is 1. The van der Waals surface area contributed by atoms with Crippen molar-refractivity contribution in [1.29, 1.82) is 0 Å². The van der Waals surface area contributed by atoms with Gasteiger partial charge in [0.25, 0.3) is 0 Å². The van der Waals surface area contributed by atoms with Gasteiger partial charge in [0, 0.05) is 5.56 Å². The van der Waals surface area contributed by atoms with Crippen LogP contribution in [0.3, 0.4) is 0 Å². The van der Waals surface area contributed by atoms with Gasteiger partial charge < -0.3 is 9.63 Å². The lowest BCUT2D eigenvalue weighted by Gasteiger charge is -2.04. The van der Waals surface area contributed by atoms with Crippen molar-refractivity contribution >= 4 is 5.78 Å². The van der Waals surface area contributed by atoms with Crippen molar-refractivity contribution in [2.45, 2.75) is 6.92 Å². The van der Waals surface area contributed by atoms with E-state index in [1.807, 2.05) is 37.3 Å². The minimum Gasteiger partial charge on any atom is -0.507 e. The molecule has 2 aromatic carbocycles. The van der Waals surface area contributed by atoms with E-state index in [9.17, 15) is 9.90 Å². The maximum atomic E-state index is 12.6. The van der Waals surface area contributed by atoms with Crippen molar-refractivity contribution in [2.75, 3.05) is 0 Å². The fourth-order valence-electron chi connectivity index (χ4n) is 2.18. The molecule has 4 nitrogen and oxygen atoms in total. The lowest BCUT2D eigenvalue weighted by atomic mass is 9.99. The first-order chi connectivity index (χ1) is 10.2. The maximum Gasteiger partial charge on any atom is 0.202 e. The molecule has 4 heteroatoms. The summed E-state index contributed by atoms with van der Waals surface area (Å²) < 4.78 is 4.95. The molecule has 21 heavy (non-hydrogen) atoms. The average molecular weight is 279 g/mol. The van der Waals surface area contributed by atoms with E-state index >= 15 is 0 Å². The minimum atomic E-state index is -0.312. The van der Waals surface area contributed by atoms with E-state index in [0.29, 0.717) is 11.3 Å². The van der Waals surface area contributed by atoms with Crippen molar-refractivity contribution in [2.24, 2.45) is 0 Å². The van der Waals surface area contributed by atoms with Crippen molar-refractivity contribution < 1.29 is 14.4 Å². The van der Waals surface area contributed by atoms with Crippen LogP contribution in [0.2, 0.25) is 0 Å². The van der Waals surface area contributed by atoms with E-state index in [2.05, 4.69) is 5.16 Å². The maximum absolute atomic E-state index is 12.6. The molecule has 0 bridgehead atoms. The Balaban J connectivity index is 2.06. The number of carbonyl (C=O) groups is 1. The lowest BCUT2D eigenvalue weighted by Crippen LogP contribution is -2.02. The second kappa shape index (κ2) is 5.25. The molecule has 0 aliphatic rings. The fourth-order valence-corrected chi connectivity index (χ4v) is 2.18. The summed E-state index contributed by atoms with van der Waals surface area (Å²) in [6.07, 6.45) is 1.31. The summed E-state index contributed by atoms with van der Waals surface area (Å²) in [5.74, 6) is -0.354. The molecular formula is C17H13NO3. The number of rotatable bonds is 3. The normalized spacial score (nSPS) is 10.5. The number of phenols is 1. The van der Waals surface area contributed by atoms with E-state index in [1.165, 1.54) is 6.26 Å². The summed E-state index contributed by atoms with van der Waals surface area (Å²) in [4.78, 5) is 12.6. The molecule has 0 aliphatic heterocycles. The Bertz CT molecular complexity index is 791. The highest BCUT2D eigenvalue weighted by Crippen LogP contribution is 2.27. The van der Waals surface area contributed by atoms with E-state index in [-0.39, 0.29) is 17.1 Å². The second-order valence-electron chi connectivity index (χ2n) is 4.79. The third-order valence-corrected chi connectivity index (χ3v) is 3.26. The molecular weight excluding hydrogens is 266 g/mol. The molecule has 0 amide bonds. The van der Waals surface area contributed by atoms with Crippen LogP contribution >= 0.6 is 0 Å². The fraction of sp³-hybridized carbons (Fsp3) is 0.0588. The number of hydrogen-bond donors (Lipinski definition) is 1. The monoisotopic (exact) mass is 279 g/mol. The Hall–Kier alpha value is -2.88. The second-order valence-corrected chi connectivity index (χ2v) is 4.79. The zero-order valence-electron chi connectivity index (χ0n) is 11.4. The van der Waals surface area contributed by atoms with E-state index in [1.54, 1.807) is 18.2 Å². The van der Waals surface area contributed by atoms with E-state index in [0.717, 1.165) is 11.1 Å². The zero-order valence-corrected chi connectivity index (χ0v) is 11.4. The Morgan fingerprint density at radius 1 is 1.10 bits per heavy atom. The molecule has 0 unspecified atom stereocenters. The van der Waals surface area contributed by atoms with Crippen LogP contribution < -0.4 is 0 Å². The van der Waals surface area contributed by atoms with Gasteiger partial charge in [0.05, 0.1) is 11.1 Å². The number of phenolic OH excluding ortho intramolecular Hbond substituents is 1. The molecule has 3 rings (SSSR count). The van der Waals surface area contributed by atoms with Crippen LogP contribution in [0.25, 0.3) is 11.3 Å². The Morgan fingerprint density at radius 2 is 1.86 bits per heavy atom. The van der Waals surface area contributed by atoms with Gasteiger partial charge in [-0.25, -0.2) is 0 Å². The summed E-state index contributed by atoms with van der Waals surface area (Å²) in [7, 11) is 0. The smallest absolute Gasteiger partial charge is 0.202 e. The Morgan fingerprint density at radius 3 is 2.57 bits per heavy atom. The summed E-state index contributed by atoms with van der Waals surface area (Å²) in [5, 5.41) is 13.9. The van der Waals surface area contributed by atoms with Gasteiger partial charge in [0.1, 0.15) is 17.7 Å². The molecule has 3 aromatic rings. The van der Waals surface area contributed by atoms with Crippen molar-refractivity contribution in [3.8, 4) is 17.0 Å². The van der Waals surface area contributed by atoms with Gasteiger partial charge in [0.2, 0.25) is 5.78 Å². The highest BCUT2D eigenvalue weighted by atomic mass is 16.5. The number of aryl methyl sites for hydroxylation is 1. The van der Waals surface area contributed by atoms with Gasteiger partial charge in [-0.1, -0.05) is 41.6 Å². The first-order valence-corrected chi connectivity index (χ1v) is 6.51. The topological polar surface area (TPSA) is 63.3 Å². The molecule has 0 saturated carbocycles. The zero-order chi connectivity index (χ0) is 14.8. The molecule has 0 aliphatic carbocycles. The van der Waals surface area contributed by atoms with Crippen LogP contribution in [-0.2, 0) is 0 Å². The van der Waals surface area contributed by atoms with Crippen LogP contribution in [0.1, 0.15) is 21.5 Å². The first kappa shape index (κ1) is 13.1. The minimum absolute atomic E-state index is 0.0415. The molecule has 0 saturated heterocycles.